The first kappa shape index (κ1) is 10.8. The van der Waals surface area contributed by atoms with Crippen LogP contribution in [0.3, 0.4) is 0 Å². The normalized spacial score (nSPS) is 11.2. The van der Waals surface area contributed by atoms with E-state index in [0.29, 0.717) is 10.4 Å². The molecule has 1 aromatic heterocycles. The van der Waals surface area contributed by atoms with E-state index in [4.69, 9.17) is 23.2 Å². The van der Waals surface area contributed by atoms with Crippen molar-refractivity contribution in [2.24, 2.45) is 7.05 Å². The molecule has 0 aromatic carbocycles. The minimum atomic E-state index is 0.435. The Morgan fingerprint density at radius 2 is 2.08 bits per heavy atom. The molecular formula is C8H13Cl2N3. The van der Waals surface area contributed by atoms with E-state index in [-0.39, 0.29) is 0 Å². The summed E-state index contributed by atoms with van der Waals surface area (Å²) in [6.45, 7) is 3.83. The number of aromatic nitrogens is 2. The van der Waals surface area contributed by atoms with Crippen LogP contribution in [0.1, 0.15) is 12.6 Å². The van der Waals surface area contributed by atoms with E-state index in [1.165, 1.54) is 0 Å². The average molecular weight is 222 g/mol. The van der Waals surface area contributed by atoms with E-state index >= 15 is 0 Å². The Morgan fingerprint density at radius 1 is 1.46 bits per heavy atom. The summed E-state index contributed by atoms with van der Waals surface area (Å²) in [4.78, 5) is 6.10. The van der Waals surface area contributed by atoms with Crippen LogP contribution in [0.4, 0.5) is 0 Å². The van der Waals surface area contributed by atoms with Crippen LogP contribution in [-0.2, 0) is 13.6 Å². The molecule has 0 fully saturated rings. The minimum absolute atomic E-state index is 0.435. The van der Waals surface area contributed by atoms with E-state index in [1.807, 2.05) is 14.1 Å². The van der Waals surface area contributed by atoms with Crippen LogP contribution in [0.25, 0.3) is 0 Å². The number of hydrogen-bond acceptors (Lipinski definition) is 2. The van der Waals surface area contributed by atoms with Gasteiger partial charge in [-0.05, 0) is 25.2 Å². The highest BCUT2D eigenvalue weighted by Gasteiger charge is 2.12. The first-order valence-corrected chi connectivity index (χ1v) is 4.87. The lowest BCUT2D eigenvalue weighted by Gasteiger charge is -2.14. The van der Waals surface area contributed by atoms with Crippen LogP contribution >= 0.6 is 23.2 Å². The van der Waals surface area contributed by atoms with Gasteiger partial charge >= 0.3 is 0 Å². The predicted octanol–water partition coefficient (Wildman–Crippen LogP) is 2.18. The summed E-state index contributed by atoms with van der Waals surface area (Å²) < 4.78 is 1.80. The molecule has 5 heteroatoms. The molecule has 3 nitrogen and oxygen atoms in total. The first-order valence-electron chi connectivity index (χ1n) is 4.11. The van der Waals surface area contributed by atoms with Gasteiger partial charge in [0.05, 0.1) is 5.69 Å². The summed E-state index contributed by atoms with van der Waals surface area (Å²) in [5, 5.41) is 0.928. The van der Waals surface area contributed by atoms with Gasteiger partial charge in [0.15, 0.2) is 5.15 Å². The summed E-state index contributed by atoms with van der Waals surface area (Å²) in [6, 6.07) is 0. The molecule has 1 rings (SSSR count). The molecule has 1 aromatic rings. The Bertz CT molecular complexity index is 296. The molecule has 0 amide bonds. The second kappa shape index (κ2) is 4.31. The van der Waals surface area contributed by atoms with Gasteiger partial charge in [-0.25, -0.2) is 4.98 Å². The monoisotopic (exact) mass is 221 g/mol. The van der Waals surface area contributed by atoms with Crippen LogP contribution < -0.4 is 0 Å². The zero-order chi connectivity index (χ0) is 10.0. The third kappa shape index (κ3) is 2.36. The highest BCUT2D eigenvalue weighted by Crippen LogP contribution is 2.20. The second-order valence-electron chi connectivity index (χ2n) is 3.01. The number of nitrogens with zero attached hydrogens (tertiary/aromatic N) is 3. The number of halogens is 2. The molecule has 0 saturated carbocycles. The average Bonchev–Trinajstić information content (AvgIpc) is 2.32. The Labute approximate surface area is 88.3 Å². The highest BCUT2D eigenvalue weighted by molar-refractivity contribution is 6.32. The Hall–Kier alpha value is -0.250. The van der Waals surface area contributed by atoms with Crippen molar-refractivity contribution in [3.63, 3.8) is 0 Å². The molecule has 0 atom stereocenters. The Balaban J connectivity index is 2.87. The molecule has 0 bridgehead atoms. The van der Waals surface area contributed by atoms with Crippen LogP contribution in [0, 0.1) is 0 Å². The number of imidazole rings is 1. The lowest BCUT2D eigenvalue weighted by atomic mass is 10.4. The molecule has 0 N–H and O–H groups in total. The predicted molar refractivity (Wildman–Crippen MR) is 55.2 cm³/mol. The molecule has 0 saturated heterocycles. The standard InChI is InChI=1S/C8H13Cl2N3/c1-4-12(2)5-6-7(9)11-8(10)13(6)3/h4-5H2,1-3H3. The topological polar surface area (TPSA) is 21.1 Å². The van der Waals surface area contributed by atoms with Crippen molar-refractivity contribution in [2.75, 3.05) is 13.6 Å². The fourth-order valence-electron chi connectivity index (χ4n) is 1.01. The summed E-state index contributed by atoms with van der Waals surface area (Å²) in [5.41, 5.74) is 0.955. The third-order valence-electron chi connectivity index (χ3n) is 2.07. The molecule has 1 heterocycles. The lowest BCUT2D eigenvalue weighted by molar-refractivity contribution is 0.337. The van der Waals surface area contributed by atoms with Gasteiger partial charge in [-0.2, -0.15) is 0 Å². The van der Waals surface area contributed by atoms with Gasteiger partial charge in [0.2, 0.25) is 5.28 Å². The van der Waals surface area contributed by atoms with Gasteiger partial charge in [-0.15, -0.1) is 0 Å². The fourth-order valence-corrected chi connectivity index (χ4v) is 1.51. The van der Waals surface area contributed by atoms with Gasteiger partial charge in [-0.3, -0.25) is 0 Å². The second-order valence-corrected chi connectivity index (χ2v) is 3.70. The van der Waals surface area contributed by atoms with Crippen LogP contribution in [0.5, 0.6) is 0 Å². The van der Waals surface area contributed by atoms with Crippen LogP contribution in [-0.4, -0.2) is 28.0 Å². The summed E-state index contributed by atoms with van der Waals surface area (Å²) >= 11 is 11.7. The SMILES string of the molecule is CCN(C)Cc1c(Cl)nc(Cl)n1C. The van der Waals surface area contributed by atoms with Crippen molar-refractivity contribution >= 4 is 23.2 Å². The first-order chi connectivity index (χ1) is 6.06. The molecule has 0 radical (unpaired) electrons. The lowest BCUT2D eigenvalue weighted by Crippen LogP contribution is -2.18. The fraction of sp³-hybridized carbons (Fsp3) is 0.625. The van der Waals surface area contributed by atoms with E-state index in [0.717, 1.165) is 18.8 Å². The molecule has 74 valence electrons. The molecule has 0 aliphatic carbocycles. The Kier molecular flexibility index (Phi) is 3.59. The molecule has 13 heavy (non-hydrogen) atoms. The van der Waals surface area contributed by atoms with Crippen molar-refractivity contribution < 1.29 is 0 Å². The molecule has 0 unspecified atom stereocenters. The van der Waals surface area contributed by atoms with Crippen LogP contribution in [0.15, 0.2) is 0 Å². The molecular weight excluding hydrogens is 209 g/mol. The maximum atomic E-state index is 5.91. The zero-order valence-corrected chi connectivity index (χ0v) is 9.52. The van der Waals surface area contributed by atoms with Gasteiger partial charge in [0, 0.05) is 13.6 Å². The Morgan fingerprint density at radius 3 is 2.46 bits per heavy atom. The van der Waals surface area contributed by atoms with Gasteiger partial charge < -0.3 is 9.47 Å². The van der Waals surface area contributed by atoms with Gasteiger partial charge in [0.1, 0.15) is 0 Å². The van der Waals surface area contributed by atoms with Crippen molar-refractivity contribution in [2.45, 2.75) is 13.5 Å². The summed E-state index contributed by atoms with van der Waals surface area (Å²) in [7, 11) is 3.89. The van der Waals surface area contributed by atoms with Crippen molar-refractivity contribution in [1.29, 1.82) is 0 Å². The van der Waals surface area contributed by atoms with Gasteiger partial charge in [0.25, 0.3) is 0 Å². The van der Waals surface area contributed by atoms with E-state index in [2.05, 4.69) is 16.8 Å². The van der Waals surface area contributed by atoms with E-state index in [9.17, 15) is 0 Å². The van der Waals surface area contributed by atoms with E-state index in [1.54, 1.807) is 4.57 Å². The van der Waals surface area contributed by atoms with Crippen molar-refractivity contribution in [3.05, 3.63) is 16.1 Å². The minimum Gasteiger partial charge on any atom is -0.319 e. The third-order valence-corrected chi connectivity index (χ3v) is 2.71. The van der Waals surface area contributed by atoms with Crippen molar-refractivity contribution in [3.8, 4) is 0 Å². The van der Waals surface area contributed by atoms with Crippen molar-refractivity contribution in [1.82, 2.24) is 14.5 Å². The molecule has 0 spiro atoms. The number of rotatable bonds is 3. The summed E-state index contributed by atoms with van der Waals surface area (Å²) in [6.07, 6.45) is 0. The maximum absolute atomic E-state index is 5.91. The summed E-state index contributed by atoms with van der Waals surface area (Å²) in [5.74, 6) is 0. The highest BCUT2D eigenvalue weighted by atomic mass is 35.5. The number of hydrogen-bond donors (Lipinski definition) is 0. The van der Waals surface area contributed by atoms with Gasteiger partial charge in [-0.1, -0.05) is 18.5 Å². The maximum Gasteiger partial charge on any atom is 0.204 e. The smallest absolute Gasteiger partial charge is 0.204 e. The molecule has 0 aliphatic rings. The zero-order valence-electron chi connectivity index (χ0n) is 8.01. The largest absolute Gasteiger partial charge is 0.319 e. The van der Waals surface area contributed by atoms with Crippen LogP contribution in [0.2, 0.25) is 10.4 Å². The molecule has 0 aliphatic heterocycles. The van der Waals surface area contributed by atoms with E-state index < -0.39 is 0 Å². The quantitative estimate of drug-likeness (QED) is 0.781.